The van der Waals surface area contributed by atoms with Gasteiger partial charge in [-0.2, -0.15) is 5.10 Å². The Balaban J connectivity index is 1.50. The molecule has 0 saturated carbocycles. The normalized spacial score (nSPS) is 11.7. The van der Waals surface area contributed by atoms with Gasteiger partial charge in [0.1, 0.15) is 17.8 Å². The van der Waals surface area contributed by atoms with Crippen LogP contribution >= 0.6 is 0 Å². The highest BCUT2D eigenvalue weighted by Crippen LogP contribution is 2.26. The van der Waals surface area contributed by atoms with Crippen LogP contribution in [0.15, 0.2) is 84.9 Å². The lowest BCUT2D eigenvalue weighted by atomic mass is 10.1. The van der Waals surface area contributed by atoms with Crippen LogP contribution in [-0.4, -0.2) is 27.2 Å². The van der Waals surface area contributed by atoms with Crippen molar-refractivity contribution in [3.05, 3.63) is 96.2 Å². The minimum Gasteiger partial charge on any atom is -0.457 e. The van der Waals surface area contributed by atoms with Crippen LogP contribution in [0, 0.1) is 0 Å². The molecule has 3 aromatic carbocycles. The monoisotopic (exact) mass is 441 g/mol. The van der Waals surface area contributed by atoms with Gasteiger partial charge in [-0.1, -0.05) is 37.3 Å². The minimum atomic E-state index is -0.210. The minimum absolute atomic E-state index is 0.108. The van der Waals surface area contributed by atoms with E-state index in [0.29, 0.717) is 6.54 Å². The van der Waals surface area contributed by atoms with Crippen molar-refractivity contribution < 1.29 is 14.6 Å². The maximum atomic E-state index is 11.1. The van der Waals surface area contributed by atoms with Gasteiger partial charge < -0.3 is 20.0 Å². The highest BCUT2D eigenvalue weighted by atomic mass is 16.5. The first-order valence-corrected chi connectivity index (χ1v) is 11.0. The molecule has 0 saturated heterocycles. The molecule has 0 amide bonds. The maximum absolute atomic E-state index is 11.1. The van der Waals surface area contributed by atoms with E-state index in [4.69, 9.17) is 9.84 Å². The zero-order valence-electron chi connectivity index (χ0n) is 18.5. The van der Waals surface area contributed by atoms with E-state index in [0.717, 1.165) is 52.4 Å². The lowest BCUT2D eigenvalue weighted by molar-refractivity contribution is -0.108. The van der Waals surface area contributed by atoms with E-state index in [1.54, 1.807) is 4.68 Å². The summed E-state index contributed by atoms with van der Waals surface area (Å²) in [5, 5.41) is 17.8. The molecule has 1 aromatic heterocycles. The molecule has 0 aliphatic carbocycles. The number of aromatic nitrogens is 2. The van der Waals surface area contributed by atoms with Gasteiger partial charge in [-0.3, -0.25) is 4.68 Å². The van der Waals surface area contributed by atoms with Crippen molar-refractivity contribution in [1.82, 2.24) is 9.78 Å². The number of para-hydroxylation sites is 1. The van der Waals surface area contributed by atoms with Crippen molar-refractivity contribution >= 4 is 12.0 Å². The second-order valence-electron chi connectivity index (χ2n) is 7.77. The number of ether oxygens (including phenoxy) is 1. The van der Waals surface area contributed by atoms with Crippen molar-refractivity contribution in [2.75, 3.05) is 5.32 Å². The Morgan fingerprint density at radius 3 is 2.45 bits per heavy atom. The molecule has 33 heavy (non-hydrogen) atoms. The van der Waals surface area contributed by atoms with Crippen LogP contribution < -0.4 is 10.1 Å². The number of anilines is 1. The van der Waals surface area contributed by atoms with Gasteiger partial charge in [-0.15, -0.1) is 0 Å². The molecule has 4 rings (SSSR count). The number of hydrogen-bond donors (Lipinski definition) is 2. The van der Waals surface area contributed by atoms with Gasteiger partial charge in [0.25, 0.3) is 0 Å². The fourth-order valence-electron chi connectivity index (χ4n) is 3.56. The van der Waals surface area contributed by atoms with Crippen LogP contribution in [0.25, 0.3) is 11.3 Å². The van der Waals surface area contributed by atoms with Gasteiger partial charge >= 0.3 is 0 Å². The van der Waals surface area contributed by atoms with Gasteiger partial charge in [0.15, 0.2) is 0 Å². The molecule has 1 atom stereocenters. The summed E-state index contributed by atoms with van der Waals surface area (Å²) in [7, 11) is 0. The van der Waals surface area contributed by atoms with E-state index in [-0.39, 0.29) is 12.6 Å². The van der Waals surface area contributed by atoms with Gasteiger partial charge in [-0.05, 0) is 66.6 Å². The van der Waals surface area contributed by atoms with E-state index < -0.39 is 0 Å². The SMILES string of the molecule is CCC(C=O)Nc1cccc(Cn2nc(-c3ccc(Oc4ccccc4)cc3)cc2CO)c1. The highest BCUT2D eigenvalue weighted by molar-refractivity contribution is 5.64. The molecular weight excluding hydrogens is 414 g/mol. The number of nitrogens with one attached hydrogen (secondary N) is 1. The first-order chi connectivity index (χ1) is 16.2. The third kappa shape index (κ3) is 5.67. The summed E-state index contributed by atoms with van der Waals surface area (Å²) >= 11 is 0. The largest absolute Gasteiger partial charge is 0.457 e. The van der Waals surface area contributed by atoms with E-state index in [2.05, 4.69) is 5.32 Å². The summed E-state index contributed by atoms with van der Waals surface area (Å²) in [5.41, 5.74) is 4.37. The standard InChI is InChI=1S/C27H27N3O3/c1-2-22(18-31)28-23-8-6-7-20(15-23)17-30-24(19-32)16-27(29-30)21-11-13-26(14-12-21)33-25-9-4-3-5-10-25/h3-16,18,22,28,32H,2,17,19H2,1H3. The van der Waals surface area contributed by atoms with Crippen LogP contribution in [0.4, 0.5) is 5.69 Å². The fourth-order valence-corrected chi connectivity index (χ4v) is 3.56. The van der Waals surface area contributed by atoms with E-state index in [1.165, 1.54) is 0 Å². The Morgan fingerprint density at radius 2 is 1.76 bits per heavy atom. The molecule has 168 valence electrons. The van der Waals surface area contributed by atoms with Gasteiger partial charge in [0.2, 0.25) is 0 Å². The zero-order valence-corrected chi connectivity index (χ0v) is 18.5. The van der Waals surface area contributed by atoms with Crippen molar-refractivity contribution in [3.8, 4) is 22.8 Å². The number of aldehydes is 1. The average molecular weight is 442 g/mol. The number of aliphatic hydroxyl groups is 1. The van der Waals surface area contributed by atoms with E-state index >= 15 is 0 Å². The predicted octanol–water partition coefficient (Wildman–Crippen LogP) is 5.27. The number of nitrogens with zero attached hydrogens (tertiary/aromatic N) is 2. The molecule has 4 aromatic rings. The lowest BCUT2D eigenvalue weighted by Gasteiger charge is -2.13. The summed E-state index contributed by atoms with van der Waals surface area (Å²) in [5.74, 6) is 1.53. The number of aliphatic hydroxyl groups excluding tert-OH is 1. The molecular formula is C27H27N3O3. The summed E-state index contributed by atoms with van der Waals surface area (Å²) in [6.45, 7) is 2.37. The first kappa shape index (κ1) is 22.3. The summed E-state index contributed by atoms with van der Waals surface area (Å²) in [6, 6.07) is 27.0. The maximum Gasteiger partial charge on any atom is 0.142 e. The molecule has 1 heterocycles. The van der Waals surface area contributed by atoms with Gasteiger partial charge in [0.05, 0.1) is 30.6 Å². The zero-order chi connectivity index (χ0) is 23.0. The third-order valence-corrected chi connectivity index (χ3v) is 5.37. The van der Waals surface area contributed by atoms with Crippen molar-refractivity contribution in [2.24, 2.45) is 0 Å². The Kier molecular flexibility index (Phi) is 7.17. The molecule has 0 spiro atoms. The van der Waals surface area contributed by atoms with Crippen molar-refractivity contribution in [1.29, 1.82) is 0 Å². The van der Waals surface area contributed by atoms with E-state index in [9.17, 15) is 9.90 Å². The van der Waals surface area contributed by atoms with Crippen LogP contribution in [-0.2, 0) is 17.9 Å². The lowest BCUT2D eigenvalue weighted by Crippen LogP contribution is -2.19. The molecule has 0 aliphatic heterocycles. The molecule has 0 bridgehead atoms. The summed E-state index contributed by atoms with van der Waals surface area (Å²) in [6.07, 6.45) is 1.65. The van der Waals surface area contributed by atoms with Gasteiger partial charge in [-0.25, -0.2) is 0 Å². The van der Waals surface area contributed by atoms with Crippen molar-refractivity contribution in [3.63, 3.8) is 0 Å². The first-order valence-electron chi connectivity index (χ1n) is 11.0. The highest BCUT2D eigenvalue weighted by Gasteiger charge is 2.11. The van der Waals surface area contributed by atoms with Crippen LogP contribution in [0.1, 0.15) is 24.6 Å². The average Bonchev–Trinajstić information content (AvgIpc) is 3.26. The second-order valence-corrected chi connectivity index (χ2v) is 7.77. The number of carbonyl (C=O) groups is 1. The number of rotatable bonds is 10. The molecule has 6 heteroatoms. The molecule has 2 N–H and O–H groups in total. The van der Waals surface area contributed by atoms with Gasteiger partial charge in [0, 0.05) is 11.3 Å². The summed E-state index contributed by atoms with van der Waals surface area (Å²) < 4.78 is 7.67. The number of benzene rings is 3. The Bertz CT molecular complexity index is 1190. The molecule has 0 fully saturated rings. The number of carbonyl (C=O) groups excluding carboxylic acids is 1. The second kappa shape index (κ2) is 10.6. The van der Waals surface area contributed by atoms with Crippen LogP contribution in [0.2, 0.25) is 0 Å². The molecule has 6 nitrogen and oxygen atoms in total. The quantitative estimate of drug-likeness (QED) is 0.328. The topological polar surface area (TPSA) is 76.4 Å². The Morgan fingerprint density at radius 1 is 1.00 bits per heavy atom. The predicted molar refractivity (Wildman–Crippen MR) is 129 cm³/mol. The molecule has 0 aliphatic rings. The van der Waals surface area contributed by atoms with Crippen molar-refractivity contribution in [2.45, 2.75) is 32.5 Å². The smallest absolute Gasteiger partial charge is 0.142 e. The fraction of sp³-hybridized carbons (Fsp3) is 0.185. The molecule has 1 unspecified atom stereocenters. The third-order valence-electron chi connectivity index (χ3n) is 5.37. The van der Waals surface area contributed by atoms with Crippen LogP contribution in [0.5, 0.6) is 11.5 Å². The Labute approximate surface area is 193 Å². The summed E-state index contributed by atoms with van der Waals surface area (Å²) in [4.78, 5) is 11.1. The Hall–Kier alpha value is -3.90. The molecule has 0 radical (unpaired) electrons. The number of hydrogen-bond acceptors (Lipinski definition) is 5. The van der Waals surface area contributed by atoms with Crippen LogP contribution in [0.3, 0.4) is 0 Å². The van der Waals surface area contributed by atoms with E-state index in [1.807, 2.05) is 91.9 Å².